The van der Waals surface area contributed by atoms with E-state index < -0.39 is 11.4 Å². The molecule has 0 bridgehead atoms. The van der Waals surface area contributed by atoms with Gasteiger partial charge in [0.25, 0.3) is 5.56 Å². The Hall–Kier alpha value is -2.54. The first-order valence-corrected chi connectivity index (χ1v) is 8.93. The van der Waals surface area contributed by atoms with E-state index in [1.54, 1.807) is 32.9 Å². The zero-order valence-electron chi connectivity index (χ0n) is 15.0. The summed E-state index contributed by atoms with van der Waals surface area (Å²) in [6.07, 6.45) is 0. The number of benzene rings is 1. The average molecular weight is 374 g/mol. The Morgan fingerprint density at radius 2 is 1.88 bits per heavy atom. The number of carbonyl (C=O) groups is 1. The van der Waals surface area contributed by atoms with Gasteiger partial charge in [-0.2, -0.15) is 0 Å². The number of fused-ring (bicyclic) bond motifs is 1. The van der Waals surface area contributed by atoms with Gasteiger partial charge in [-0.1, -0.05) is 12.1 Å². The molecule has 26 heavy (non-hydrogen) atoms. The second kappa shape index (κ2) is 6.32. The lowest BCUT2D eigenvalue weighted by Crippen LogP contribution is -2.35. The van der Waals surface area contributed by atoms with Crippen LogP contribution < -0.4 is 5.56 Å². The Kier molecular flexibility index (Phi) is 4.44. The summed E-state index contributed by atoms with van der Waals surface area (Å²) in [5.74, 6) is -0.853. The fraction of sp³-hybridized carbons (Fsp3) is 0.316. The van der Waals surface area contributed by atoms with E-state index in [0.717, 1.165) is 16.0 Å². The summed E-state index contributed by atoms with van der Waals surface area (Å²) < 4.78 is 14.7. The molecule has 7 heteroatoms. The molecule has 1 N–H and O–H groups in total. The maximum absolute atomic E-state index is 13.3. The SMILES string of the molecule is Cc1sc2nc(C)n(CC(C)(C)C(=O)O)c(=O)c2c1-c1ccc(F)cc1. The number of aromatic nitrogens is 2. The molecule has 1 aromatic carbocycles. The lowest BCUT2D eigenvalue weighted by Gasteiger charge is -2.21. The van der Waals surface area contributed by atoms with Gasteiger partial charge in [0.05, 0.1) is 10.8 Å². The molecule has 5 nitrogen and oxygen atoms in total. The van der Waals surface area contributed by atoms with Crippen molar-refractivity contribution in [2.24, 2.45) is 5.41 Å². The highest BCUT2D eigenvalue weighted by molar-refractivity contribution is 7.19. The molecule has 0 aliphatic carbocycles. The Labute approximate surface area is 153 Å². The third-order valence-corrected chi connectivity index (χ3v) is 5.44. The minimum absolute atomic E-state index is 0.0215. The van der Waals surface area contributed by atoms with Crippen LogP contribution in [0.4, 0.5) is 4.39 Å². The lowest BCUT2D eigenvalue weighted by atomic mass is 9.93. The van der Waals surface area contributed by atoms with Crippen LogP contribution in [-0.4, -0.2) is 20.6 Å². The fourth-order valence-electron chi connectivity index (χ4n) is 2.91. The van der Waals surface area contributed by atoms with Crippen molar-refractivity contribution in [2.75, 3.05) is 0 Å². The van der Waals surface area contributed by atoms with Crippen LogP contribution in [0.5, 0.6) is 0 Å². The predicted molar refractivity (Wildman–Crippen MR) is 100 cm³/mol. The lowest BCUT2D eigenvalue weighted by molar-refractivity contribution is -0.147. The summed E-state index contributed by atoms with van der Waals surface area (Å²) in [6.45, 7) is 6.76. The standard InChI is InChI=1S/C19H19FN2O3S/c1-10-14(12-5-7-13(20)8-6-12)15-16(26-10)21-11(2)22(17(15)23)9-19(3,4)18(24)25/h5-8H,9H2,1-4H3,(H,24,25). The van der Waals surface area contributed by atoms with Crippen molar-refractivity contribution in [1.29, 1.82) is 0 Å². The first-order valence-electron chi connectivity index (χ1n) is 8.11. The molecule has 0 aliphatic rings. The van der Waals surface area contributed by atoms with Gasteiger partial charge < -0.3 is 5.11 Å². The molecule has 0 aliphatic heterocycles. The number of hydrogen-bond acceptors (Lipinski definition) is 4. The molecule has 0 atom stereocenters. The van der Waals surface area contributed by atoms with Crippen LogP contribution in [-0.2, 0) is 11.3 Å². The van der Waals surface area contributed by atoms with E-state index in [4.69, 9.17) is 0 Å². The highest BCUT2D eigenvalue weighted by Gasteiger charge is 2.30. The second-order valence-electron chi connectivity index (χ2n) is 6.96. The highest BCUT2D eigenvalue weighted by atomic mass is 32.1. The monoisotopic (exact) mass is 374 g/mol. The van der Waals surface area contributed by atoms with Crippen LogP contribution in [0.15, 0.2) is 29.1 Å². The molecule has 3 rings (SSSR count). The number of carboxylic acid groups (broad SMARTS) is 1. The molecule has 3 aromatic rings. The van der Waals surface area contributed by atoms with E-state index in [1.165, 1.54) is 28.0 Å². The summed E-state index contributed by atoms with van der Waals surface area (Å²) in [6, 6.07) is 5.97. The Morgan fingerprint density at radius 1 is 1.27 bits per heavy atom. The molecule has 2 aromatic heterocycles. The van der Waals surface area contributed by atoms with Crippen molar-refractivity contribution < 1.29 is 14.3 Å². The maximum atomic E-state index is 13.3. The number of aliphatic carboxylic acids is 1. The van der Waals surface area contributed by atoms with Crippen molar-refractivity contribution in [3.63, 3.8) is 0 Å². The summed E-state index contributed by atoms with van der Waals surface area (Å²) in [4.78, 5) is 30.7. The zero-order valence-corrected chi connectivity index (χ0v) is 15.8. The van der Waals surface area contributed by atoms with Gasteiger partial charge in [-0.25, -0.2) is 9.37 Å². The number of halogens is 1. The van der Waals surface area contributed by atoms with E-state index >= 15 is 0 Å². The van der Waals surface area contributed by atoms with Crippen LogP contribution in [0, 0.1) is 25.1 Å². The van der Waals surface area contributed by atoms with E-state index in [0.29, 0.717) is 16.0 Å². The predicted octanol–water partition coefficient (Wildman–Crippen LogP) is 3.99. The van der Waals surface area contributed by atoms with Gasteiger partial charge in [-0.3, -0.25) is 14.2 Å². The molecule has 0 saturated carbocycles. The zero-order chi connectivity index (χ0) is 19.2. The average Bonchev–Trinajstić information content (AvgIpc) is 2.88. The van der Waals surface area contributed by atoms with Crippen LogP contribution >= 0.6 is 11.3 Å². The summed E-state index contributed by atoms with van der Waals surface area (Å²) in [7, 11) is 0. The number of aryl methyl sites for hydroxylation is 2. The highest BCUT2D eigenvalue weighted by Crippen LogP contribution is 2.36. The third kappa shape index (κ3) is 3.03. The first-order chi connectivity index (χ1) is 12.1. The quantitative estimate of drug-likeness (QED) is 0.749. The Bertz CT molecular complexity index is 1070. The Morgan fingerprint density at radius 3 is 2.46 bits per heavy atom. The van der Waals surface area contributed by atoms with Crippen LogP contribution in [0.25, 0.3) is 21.3 Å². The number of rotatable bonds is 4. The van der Waals surface area contributed by atoms with Gasteiger partial charge in [-0.15, -0.1) is 11.3 Å². The van der Waals surface area contributed by atoms with Gasteiger partial charge in [0, 0.05) is 17.0 Å². The van der Waals surface area contributed by atoms with Gasteiger partial charge >= 0.3 is 5.97 Å². The minimum atomic E-state index is -1.11. The van der Waals surface area contributed by atoms with E-state index in [9.17, 15) is 19.1 Å². The fourth-order valence-corrected chi connectivity index (χ4v) is 3.99. The molecule has 0 saturated heterocycles. The van der Waals surface area contributed by atoms with Crippen molar-refractivity contribution in [3.8, 4) is 11.1 Å². The summed E-state index contributed by atoms with van der Waals surface area (Å²) in [5.41, 5.74) is 0.0854. The van der Waals surface area contributed by atoms with Crippen LogP contribution in [0.2, 0.25) is 0 Å². The van der Waals surface area contributed by atoms with E-state index in [1.807, 2.05) is 6.92 Å². The first kappa shape index (κ1) is 18.3. The van der Waals surface area contributed by atoms with Gasteiger partial charge in [0.1, 0.15) is 16.5 Å². The van der Waals surface area contributed by atoms with Crippen molar-refractivity contribution in [2.45, 2.75) is 34.2 Å². The van der Waals surface area contributed by atoms with E-state index in [-0.39, 0.29) is 17.9 Å². The van der Waals surface area contributed by atoms with E-state index in [2.05, 4.69) is 4.98 Å². The molecule has 0 unspecified atom stereocenters. The molecule has 0 fully saturated rings. The molecular formula is C19H19FN2O3S. The number of carboxylic acids is 1. The number of hydrogen-bond donors (Lipinski definition) is 1. The second-order valence-corrected chi connectivity index (χ2v) is 8.16. The molecule has 2 heterocycles. The molecule has 136 valence electrons. The van der Waals surface area contributed by atoms with Crippen molar-refractivity contribution >= 4 is 27.5 Å². The van der Waals surface area contributed by atoms with Crippen molar-refractivity contribution in [1.82, 2.24) is 9.55 Å². The normalized spacial score (nSPS) is 11.9. The smallest absolute Gasteiger partial charge is 0.310 e. The van der Waals surface area contributed by atoms with Crippen molar-refractivity contribution in [3.05, 3.63) is 51.1 Å². The summed E-state index contributed by atoms with van der Waals surface area (Å²) >= 11 is 1.40. The van der Waals surface area contributed by atoms with Gasteiger partial charge in [0.15, 0.2) is 0 Å². The number of thiophene rings is 1. The van der Waals surface area contributed by atoms with Crippen LogP contribution in [0.1, 0.15) is 24.5 Å². The molecule has 0 amide bonds. The molecule has 0 spiro atoms. The maximum Gasteiger partial charge on any atom is 0.310 e. The molecular weight excluding hydrogens is 355 g/mol. The minimum Gasteiger partial charge on any atom is -0.481 e. The Balaban J connectivity index is 2.28. The topological polar surface area (TPSA) is 72.2 Å². The summed E-state index contributed by atoms with van der Waals surface area (Å²) in [5, 5.41) is 9.84. The van der Waals surface area contributed by atoms with Gasteiger partial charge in [-0.05, 0) is 45.4 Å². The number of nitrogens with zero attached hydrogens (tertiary/aromatic N) is 2. The van der Waals surface area contributed by atoms with Crippen LogP contribution in [0.3, 0.4) is 0 Å². The van der Waals surface area contributed by atoms with Gasteiger partial charge in [0.2, 0.25) is 0 Å². The molecule has 0 radical (unpaired) electrons. The third-order valence-electron chi connectivity index (χ3n) is 4.44. The largest absolute Gasteiger partial charge is 0.481 e.